The number of nitrogens with zero attached hydrogens (tertiary/aromatic N) is 2. The zero-order valence-electron chi connectivity index (χ0n) is 15.1. The summed E-state index contributed by atoms with van der Waals surface area (Å²) in [5.41, 5.74) is 3.45. The third-order valence-corrected chi connectivity index (χ3v) is 4.65. The summed E-state index contributed by atoms with van der Waals surface area (Å²) in [5, 5.41) is 0. The van der Waals surface area contributed by atoms with Crippen LogP contribution in [0, 0.1) is 0 Å². The molecule has 0 aliphatic carbocycles. The number of hydrogen-bond acceptors (Lipinski definition) is 3. The molecule has 0 aliphatic rings. The fourth-order valence-corrected chi connectivity index (χ4v) is 3.14. The van der Waals surface area contributed by atoms with Crippen molar-refractivity contribution < 1.29 is 9.53 Å². The third-order valence-electron chi connectivity index (χ3n) is 4.12. The number of rotatable bonds is 5. The minimum absolute atomic E-state index is 0.309. The Hall–Kier alpha value is -2.40. The molecular weight excluding hydrogens is 392 g/mol. The van der Waals surface area contributed by atoms with E-state index in [1.54, 1.807) is 13.1 Å². The lowest BCUT2D eigenvalue weighted by molar-refractivity contribution is 0.0520. The molecule has 0 saturated carbocycles. The summed E-state index contributed by atoms with van der Waals surface area (Å²) in [5.74, 6) is 0.665. The lowest BCUT2D eigenvalue weighted by Crippen LogP contribution is -2.04. The van der Waals surface area contributed by atoms with Crippen LogP contribution in [0.1, 0.15) is 42.7 Å². The first-order chi connectivity index (χ1) is 12.5. The molecule has 0 radical (unpaired) electrons. The Morgan fingerprint density at radius 3 is 2.50 bits per heavy atom. The van der Waals surface area contributed by atoms with Crippen LogP contribution in [0.4, 0.5) is 0 Å². The van der Waals surface area contributed by atoms with Crippen LogP contribution in [-0.4, -0.2) is 22.1 Å². The molecular formula is C21H21BrN2O2. The smallest absolute Gasteiger partial charge is 0.358 e. The van der Waals surface area contributed by atoms with Gasteiger partial charge in [0, 0.05) is 21.9 Å². The van der Waals surface area contributed by atoms with Crippen molar-refractivity contribution in [1.29, 1.82) is 0 Å². The zero-order chi connectivity index (χ0) is 18.7. The van der Waals surface area contributed by atoms with Gasteiger partial charge in [0.2, 0.25) is 0 Å². The van der Waals surface area contributed by atoms with Crippen molar-refractivity contribution >= 4 is 21.9 Å². The van der Waals surface area contributed by atoms with Gasteiger partial charge in [0.15, 0.2) is 5.69 Å². The molecule has 0 atom stereocenters. The maximum absolute atomic E-state index is 12.2. The van der Waals surface area contributed by atoms with E-state index in [1.165, 1.54) is 5.56 Å². The van der Waals surface area contributed by atoms with E-state index in [0.29, 0.717) is 18.2 Å². The standard InChI is InChI=1S/C21H21BrN2O2/c1-4-26-21(25)19-13-24(16-11-9-15(22)10-12-16)20(23-19)18-8-6-5-7-17(18)14(2)3/h5-14H,4H2,1-3H3. The van der Waals surface area contributed by atoms with Gasteiger partial charge in [-0.05, 0) is 42.7 Å². The first-order valence-electron chi connectivity index (χ1n) is 8.63. The van der Waals surface area contributed by atoms with Gasteiger partial charge in [0.1, 0.15) is 5.82 Å². The van der Waals surface area contributed by atoms with Crippen molar-refractivity contribution in [2.75, 3.05) is 6.61 Å². The highest BCUT2D eigenvalue weighted by Gasteiger charge is 2.20. The lowest BCUT2D eigenvalue weighted by Gasteiger charge is -2.14. The van der Waals surface area contributed by atoms with Crippen LogP contribution in [0.5, 0.6) is 0 Å². The molecule has 4 nitrogen and oxygen atoms in total. The van der Waals surface area contributed by atoms with Gasteiger partial charge in [0.25, 0.3) is 0 Å². The van der Waals surface area contributed by atoms with Gasteiger partial charge in [0.05, 0.1) is 6.61 Å². The van der Waals surface area contributed by atoms with Crippen LogP contribution in [0.25, 0.3) is 17.1 Å². The molecule has 0 unspecified atom stereocenters. The van der Waals surface area contributed by atoms with E-state index in [0.717, 1.165) is 21.5 Å². The normalized spacial score (nSPS) is 11.0. The monoisotopic (exact) mass is 412 g/mol. The van der Waals surface area contributed by atoms with Crippen LogP contribution >= 0.6 is 15.9 Å². The molecule has 134 valence electrons. The van der Waals surface area contributed by atoms with E-state index in [2.05, 4.69) is 40.8 Å². The first kappa shape index (κ1) is 18.4. The van der Waals surface area contributed by atoms with Crippen LogP contribution < -0.4 is 0 Å². The number of aromatic nitrogens is 2. The first-order valence-corrected chi connectivity index (χ1v) is 9.42. The van der Waals surface area contributed by atoms with Crippen LogP contribution in [-0.2, 0) is 4.74 Å². The molecule has 0 fully saturated rings. The number of carbonyl (C=O) groups is 1. The second-order valence-corrected chi connectivity index (χ2v) is 7.17. The van der Waals surface area contributed by atoms with Gasteiger partial charge in [-0.2, -0.15) is 0 Å². The number of esters is 1. The molecule has 2 aromatic carbocycles. The Kier molecular flexibility index (Phi) is 5.57. The number of hydrogen-bond donors (Lipinski definition) is 0. The third kappa shape index (κ3) is 3.73. The molecule has 0 saturated heterocycles. The van der Waals surface area contributed by atoms with Gasteiger partial charge in [-0.15, -0.1) is 0 Å². The average molecular weight is 413 g/mol. The molecule has 5 heteroatoms. The summed E-state index contributed by atoms with van der Waals surface area (Å²) in [7, 11) is 0. The summed E-state index contributed by atoms with van der Waals surface area (Å²) in [6.07, 6.45) is 1.74. The molecule has 1 aromatic heterocycles. The Morgan fingerprint density at radius 2 is 1.85 bits per heavy atom. The molecule has 3 rings (SSSR count). The second-order valence-electron chi connectivity index (χ2n) is 6.26. The van der Waals surface area contributed by atoms with E-state index in [-0.39, 0.29) is 0 Å². The Labute approximate surface area is 162 Å². The Balaban J connectivity index is 2.20. The fraction of sp³-hybridized carbons (Fsp3) is 0.238. The van der Waals surface area contributed by atoms with E-state index < -0.39 is 5.97 Å². The number of imidazole rings is 1. The number of benzene rings is 2. The lowest BCUT2D eigenvalue weighted by atomic mass is 9.97. The summed E-state index contributed by atoms with van der Waals surface area (Å²) >= 11 is 3.46. The van der Waals surface area contributed by atoms with Crippen molar-refractivity contribution in [3.8, 4) is 17.1 Å². The van der Waals surface area contributed by atoms with Crippen molar-refractivity contribution in [3.05, 3.63) is 70.5 Å². The topological polar surface area (TPSA) is 44.1 Å². The van der Waals surface area contributed by atoms with Crippen molar-refractivity contribution in [2.24, 2.45) is 0 Å². The molecule has 3 aromatic rings. The minimum Gasteiger partial charge on any atom is -0.461 e. The molecule has 0 spiro atoms. The molecule has 0 bridgehead atoms. The zero-order valence-corrected chi connectivity index (χ0v) is 16.7. The Bertz CT molecular complexity index is 914. The largest absolute Gasteiger partial charge is 0.461 e. The number of ether oxygens (including phenoxy) is 1. The van der Waals surface area contributed by atoms with Crippen LogP contribution in [0.2, 0.25) is 0 Å². The Morgan fingerprint density at radius 1 is 1.15 bits per heavy atom. The molecule has 0 aliphatic heterocycles. The van der Waals surface area contributed by atoms with Crippen LogP contribution in [0.15, 0.2) is 59.2 Å². The summed E-state index contributed by atoms with van der Waals surface area (Å²) < 4.78 is 8.08. The molecule has 0 N–H and O–H groups in total. The van der Waals surface area contributed by atoms with Gasteiger partial charge < -0.3 is 4.74 Å². The van der Waals surface area contributed by atoms with Crippen LogP contribution in [0.3, 0.4) is 0 Å². The van der Waals surface area contributed by atoms with Gasteiger partial charge in [-0.1, -0.05) is 54.0 Å². The SMILES string of the molecule is CCOC(=O)c1cn(-c2ccc(Br)cc2)c(-c2ccccc2C(C)C)n1. The van der Waals surface area contributed by atoms with Crippen molar-refractivity contribution in [2.45, 2.75) is 26.7 Å². The van der Waals surface area contributed by atoms with E-state index in [9.17, 15) is 4.79 Å². The molecule has 1 heterocycles. The summed E-state index contributed by atoms with van der Waals surface area (Å²) in [6, 6.07) is 16.1. The van der Waals surface area contributed by atoms with Gasteiger partial charge >= 0.3 is 5.97 Å². The summed E-state index contributed by atoms with van der Waals surface area (Å²) in [6.45, 7) is 6.41. The van der Waals surface area contributed by atoms with E-state index in [1.807, 2.05) is 47.0 Å². The minimum atomic E-state index is -0.411. The van der Waals surface area contributed by atoms with E-state index >= 15 is 0 Å². The van der Waals surface area contributed by atoms with Crippen molar-refractivity contribution in [1.82, 2.24) is 9.55 Å². The highest BCUT2D eigenvalue weighted by Crippen LogP contribution is 2.31. The predicted molar refractivity (Wildman–Crippen MR) is 107 cm³/mol. The van der Waals surface area contributed by atoms with Gasteiger partial charge in [-0.25, -0.2) is 9.78 Å². The van der Waals surface area contributed by atoms with Crippen molar-refractivity contribution in [3.63, 3.8) is 0 Å². The van der Waals surface area contributed by atoms with E-state index in [4.69, 9.17) is 4.74 Å². The predicted octanol–water partition coefficient (Wildman–Crippen LogP) is 5.60. The highest BCUT2D eigenvalue weighted by molar-refractivity contribution is 9.10. The number of halogens is 1. The fourth-order valence-electron chi connectivity index (χ4n) is 2.88. The molecule has 0 amide bonds. The summed E-state index contributed by atoms with van der Waals surface area (Å²) in [4.78, 5) is 16.9. The molecule has 26 heavy (non-hydrogen) atoms. The number of carbonyl (C=O) groups excluding carboxylic acids is 1. The maximum atomic E-state index is 12.2. The quantitative estimate of drug-likeness (QED) is 0.512. The highest BCUT2D eigenvalue weighted by atomic mass is 79.9. The van der Waals surface area contributed by atoms with Gasteiger partial charge in [-0.3, -0.25) is 4.57 Å². The maximum Gasteiger partial charge on any atom is 0.358 e. The second kappa shape index (κ2) is 7.87. The average Bonchev–Trinajstić information content (AvgIpc) is 3.08.